The predicted octanol–water partition coefficient (Wildman–Crippen LogP) is 1.35. The largest absolute Gasteiger partial charge is 0.355 e. The molecule has 2 aliphatic rings. The highest BCUT2D eigenvalue weighted by atomic mass is 16.2. The first kappa shape index (κ1) is 20.4. The first-order chi connectivity index (χ1) is 15.7. The normalized spacial score (nSPS) is 17.8. The molecule has 2 fully saturated rings. The molecule has 1 atom stereocenters. The molecular formula is C23H27N7O2. The number of piperidine rings is 1. The van der Waals surface area contributed by atoms with Crippen molar-refractivity contribution < 1.29 is 9.59 Å². The molecular weight excluding hydrogens is 406 g/mol. The summed E-state index contributed by atoms with van der Waals surface area (Å²) in [6.45, 7) is 1.46. The van der Waals surface area contributed by atoms with Crippen LogP contribution in [0.4, 0.5) is 5.82 Å². The summed E-state index contributed by atoms with van der Waals surface area (Å²) >= 11 is 0. The molecule has 0 radical (unpaired) electrons. The standard InChI is InChI=1S/C23H27N7O2/c31-22(26-19(23(32)25-18-6-7-18)14-16-4-2-1-3-5-16)17-10-12-29(13-11-17)21-9-8-20-27-24-15-30(20)28-21/h1-5,8-9,15,17-19H,6-7,10-14H2,(H,25,32)(H,26,31). The molecule has 0 spiro atoms. The summed E-state index contributed by atoms with van der Waals surface area (Å²) < 4.78 is 1.65. The molecule has 1 saturated carbocycles. The number of anilines is 1. The number of amides is 2. The minimum Gasteiger partial charge on any atom is -0.355 e. The summed E-state index contributed by atoms with van der Waals surface area (Å²) in [5.41, 5.74) is 1.74. The lowest BCUT2D eigenvalue weighted by Gasteiger charge is -2.32. The van der Waals surface area contributed by atoms with Gasteiger partial charge >= 0.3 is 0 Å². The molecule has 1 unspecified atom stereocenters. The van der Waals surface area contributed by atoms with Crippen LogP contribution in [0.25, 0.3) is 5.65 Å². The van der Waals surface area contributed by atoms with Gasteiger partial charge in [0.15, 0.2) is 5.65 Å². The van der Waals surface area contributed by atoms with Crippen LogP contribution < -0.4 is 15.5 Å². The second-order valence-corrected chi connectivity index (χ2v) is 8.62. The van der Waals surface area contributed by atoms with Gasteiger partial charge in [-0.15, -0.1) is 15.3 Å². The Balaban J connectivity index is 1.20. The smallest absolute Gasteiger partial charge is 0.243 e. The van der Waals surface area contributed by atoms with E-state index in [0.717, 1.165) is 50.2 Å². The summed E-state index contributed by atoms with van der Waals surface area (Å²) in [4.78, 5) is 28.0. The van der Waals surface area contributed by atoms with Crippen molar-refractivity contribution in [2.45, 2.75) is 44.2 Å². The molecule has 2 aromatic heterocycles. The molecule has 5 rings (SSSR count). The third-order valence-corrected chi connectivity index (χ3v) is 6.18. The van der Waals surface area contributed by atoms with E-state index in [1.54, 1.807) is 10.8 Å². The van der Waals surface area contributed by atoms with Crippen LogP contribution in [-0.4, -0.2) is 56.8 Å². The number of carbonyl (C=O) groups excluding carboxylic acids is 2. The Morgan fingerprint density at radius 3 is 2.56 bits per heavy atom. The first-order valence-electron chi connectivity index (χ1n) is 11.2. The Hall–Kier alpha value is -3.49. The molecule has 9 heteroatoms. The number of aromatic nitrogens is 4. The number of fused-ring (bicyclic) bond motifs is 1. The van der Waals surface area contributed by atoms with E-state index in [0.29, 0.717) is 12.1 Å². The SMILES string of the molecule is O=C(NC(Cc1ccccc1)C(=O)NC1CC1)C1CCN(c2ccc3nncn3n2)CC1. The van der Waals surface area contributed by atoms with Crippen molar-refractivity contribution in [1.29, 1.82) is 0 Å². The minimum atomic E-state index is -0.554. The van der Waals surface area contributed by atoms with Crippen LogP contribution in [0.3, 0.4) is 0 Å². The third-order valence-electron chi connectivity index (χ3n) is 6.18. The maximum Gasteiger partial charge on any atom is 0.243 e. The third kappa shape index (κ3) is 4.71. The molecule has 1 aliphatic heterocycles. The van der Waals surface area contributed by atoms with Gasteiger partial charge in [0.25, 0.3) is 0 Å². The van der Waals surface area contributed by atoms with Gasteiger partial charge in [-0.2, -0.15) is 4.52 Å². The zero-order chi connectivity index (χ0) is 21.9. The topological polar surface area (TPSA) is 105 Å². The van der Waals surface area contributed by atoms with E-state index in [-0.39, 0.29) is 23.8 Å². The lowest BCUT2D eigenvalue weighted by Crippen LogP contribution is -2.51. The van der Waals surface area contributed by atoms with Crippen molar-refractivity contribution in [2.24, 2.45) is 5.92 Å². The van der Waals surface area contributed by atoms with Gasteiger partial charge in [-0.3, -0.25) is 9.59 Å². The highest BCUT2D eigenvalue weighted by Gasteiger charge is 2.31. The number of rotatable bonds is 7. The van der Waals surface area contributed by atoms with Crippen molar-refractivity contribution >= 4 is 23.3 Å². The van der Waals surface area contributed by atoms with Gasteiger partial charge in [0.1, 0.15) is 18.2 Å². The number of benzene rings is 1. The Bertz CT molecular complexity index is 1090. The van der Waals surface area contributed by atoms with Crippen molar-refractivity contribution in [1.82, 2.24) is 30.4 Å². The average Bonchev–Trinajstić information content (AvgIpc) is 3.51. The van der Waals surface area contributed by atoms with Gasteiger partial charge in [-0.05, 0) is 43.4 Å². The monoisotopic (exact) mass is 433 g/mol. The van der Waals surface area contributed by atoms with Crippen molar-refractivity contribution in [3.05, 3.63) is 54.4 Å². The molecule has 166 valence electrons. The van der Waals surface area contributed by atoms with Crippen molar-refractivity contribution in [3.8, 4) is 0 Å². The zero-order valence-electron chi connectivity index (χ0n) is 17.9. The number of carbonyl (C=O) groups is 2. The molecule has 1 aliphatic carbocycles. The highest BCUT2D eigenvalue weighted by molar-refractivity contribution is 5.89. The fourth-order valence-corrected chi connectivity index (χ4v) is 4.14. The maximum absolute atomic E-state index is 13.0. The van der Waals surface area contributed by atoms with Gasteiger partial charge in [0.05, 0.1) is 0 Å². The number of hydrogen-bond donors (Lipinski definition) is 2. The van der Waals surface area contributed by atoms with Crippen LogP contribution in [0.5, 0.6) is 0 Å². The molecule has 3 aromatic rings. The molecule has 2 N–H and O–H groups in total. The average molecular weight is 434 g/mol. The zero-order valence-corrected chi connectivity index (χ0v) is 17.9. The van der Waals surface area contributed by atoms with E-state index >= 15 is 0 Å². The van der Waals surface area contributed by atoms with Gasteiger partial charge in [0.2, 0.25) is 11.8 Å². The van der Waals surface area contributed by atoms with E-state index in [1.807, 2.05) is 42.5 Å². The summed E-state index contributed by atoms with van der Waals surface area (Å²) in [5.74, 6) is 0.603. The van der Waals surface area contributed by atoms with Gasteiger partial charge in [-0.25, -0.2) is 0 Å². The minimum absolute atomic E-state index is 0.0428. The number of nitrogens with zero attached hydrogens (tertiary/aromatic N) is 5. The lowest BCUT2D eigenvalue weighted by atomic mass is 9.95. The van der Waals surface area contributed by atoms with Crippen molar-refractivity contribution in [2.75, 3.05) is 18.0 Å². The van der Waals surface area contributed by atoms with Gasteiger partial charge < -0.3 is 15.5 Å². The predicted molar refractivity (Wildman–Crippen MR) is 119 cm³/mol. The second-order valence-electron chi connectivity index (χ2n) is 8.62. The van der Waals surface area contributed by atoms with Crippen LogP contribution in [0.2, 0.25) is 0 Å². The fourth-order valence-electron chi connectivity index (χ4n) is 4.14. The summed E-state index contributed by atoms with van der Waals surface area (Å²) in [7, 11) is 0. The molecule has 1 aromatic carbocycles. The van der Waals surface area contributed by atoms with E-state index < -0.39 is 6.04 Å². The number of nitrogens with one attached hydrogen (secondary N) is 2. The van der Waals surface area contributed by atoms with Crippen molar-refractivity contribution in [3.63, 3.8) is 0 Å². The van der Waals surface area contributed by atoms with Crippen LogP contribution in [0.1, 0.15) is 31.2 Å². The Morgan fingerprint density at radius 2 is 1.81 bits per heavy atom. The summed E-state index contributed by atoms with van der Waals surface area (Å²) in [5, 5.41) is 18.5. The molecule has 2 amide bonds. The quantitative estimate of drug-likeness (QED) is 0.583. The van der Waals surface area contributed by atoms with E-state index in [4.69, 9.17) is 0 Å². The molecule has 9 nitrogen and oxygen atoms in total. The number of hydrogen-bond acceptors (Lipinski definition) is 6. The fraction of sp³-hybridized carbons (Fsp3) is 0.435. The molecule has 3 heterocycles. The van der Waals surface area contributed by atoms with Gasteiger partial charge in [-0.1, -0.05) is 30.3 Å². The molecule has 1 saturated heterocycles. The van der Waals surface area contributed by atoms with Crippen LogP contribution in [0.15, 0.2) is 48.8 Å². The lowest BCUT2D eigenvalue weighted by molar-refractivity contribution is -0.131. The first-order valence-corrected chi connectivity index (χ1v) is 11.2. The molecule has 32 heavy (non-hydrogen) atoms. The van der Waals surface area contributed by atoms with Gasteiger partial charge in [0, 0.05) is 31.5 Å². The van der Waals surface area contributed by atoms with Crippen LogP contribution in [0, 0.1) is 5.92 Å². The Kier molecular flexibility index (Phi) is 5.70. The summed E-state index contributed by atoms with van der Waals surface area (Å²) in [6.07, 6.45) is 5.55. The van der Waals surface area contributed by atoms with E-state index in [1.165, 1.54) is 0 Å². The highest BCUT2D eigenvalue weighted by Crippen LogP contribution is 2.23. The van der Waals surface area contributed by atoms with E-state index in [2.05, 4.69) is 30.8 Å². The second kappa shape index (κ2) is 8.94. The van der Waals surface area contributed by atoms with Crippen LogP contribution >= 0.6 is 0 Å². The maximum atomic E-state index is 13.0. The van der Waals surface area contributed by atoms with Crippen LogP contribution in [-0.2, 0) is 16.0 Å². The summed E-state index contributed by atoms with van der Waals surface area (Å²) in [6, 6.07) is 13.4. The Labute approximate surface area is 186 Å². The Morgan fingerprint density at radius 1 is 1.03 bits per heavy atom. The molecule has 0 bridgehead atoms. The van der Waals surface area contributed by atoms with E-state index in [9.17, 15) is 9.59 Å².